The van der Waals surface area contributed by atoms with Crippen LogP contribution in [0.1, 0.15) is 61.1 Å². The highest BCUT2D eigenvalue weighted by atomic mass is 28.3. The van der Waals surface area contributed by atoms with E-state index in [0.717, 1.165) is 0 Å². The van der Waals surface area contributed by atoms with Gasteiger partial charge in [0.2, 0.25) is 0 Å². The van der Waals surface area contributed by atoms with Crippen molar-refractivity contribution in [2.75, 3.05) is 57.0 Å². The molecule has 3 aromatic rings. The SMILES string of the molecule is CC1=CC(C)([Si](c2cc(N(C)C)c(C)cc2C)(c2cc(N(C)C)c(C)cc2C)c2cc(N(C)C)c(C)cc2C)C(C)=C1C. The van der Waals surface area contributed by atoms with Crippen molar-refractivity contribution in [1.82, 2.24) is 0 Å². The van der Waals surface area contributed by atoms with Crippen LogP contribution in [-0.2, 0) is 0 Å². The van der Waals surface area contributed by atoms with Crippen LogP contribution in [0.2, 0.25) is 5.04 Å². The van der Waals surface area contributed by atoms with E-state index in [1.807, 2.05) is 0 Å². The highest BCUT2D eigenvalue weighted by molar-refractivity contribution is 7.14. The predicted octanol–water partition coefficient (Wildman–Crippen LogP) is 7.26. The molecular formula is C39H55N3Si. The van der Waals surface area contributed by atoms with Gasteiger partial charge < -0.3 is 14.7 Å². The van der Waals surface area contributed by atoms with Crippen molar-refractivity contribution in [1.29, 1.82) is 0 Å². The quantitative estimate of drug-likeness (QED) is 0.211. The summed E-state index contributed by atoms with van der Waals surface area (Å²) in [6.07, 6.45) is 2.64. The molecule has 0 fully saturated rings. The monoisotopic (exact) mass is 593 g/mol. The van der Waals surface area contributed by atoms with E-state index in [1.54, 1.807) is 0 Å². The summed E-state index contributed by atoms with van der Waals surface area (Å²) in [4.78, 5) is 6.89. The molecule has 1 aliphatic carbocycles. The van der Waals surface area contributed by atoms with Crippen LogP contribution >= 0.6 is 0 Å². The van der Waals surface area contributed by atoms with Gasteiger partial charge in [-0.05, 0) is 118 Å². The third-order valence-corrected chi connectivity index (χ3v) is 16.6. The first-order valence-corrected chi connectivity index (χ1v) is 17.6. The second-order valence-electron chi connectivity index (χ2n) is 14.1. The Labute approximate surface area is 263 Å². The number of benzene rings is 3. The summed E-state index contributed by atoms with van der Waals surface area (Å²) < 4.78 is 0. The minimum absolute atomic E-state index is 0.183. The Hall–Kier alpha value is -3.24. The van der Waals surface area contributed by atoms with Gasteiger partial charge in [-0.25, -0.2) is 0 Å². The fourth-order valence-electron chi connectivity index (χ4n) is 8.18. The average molecular weight is 594 g/mol. The molecular weight excluding hydrogens is 539 g/mol. The predicted molar refractivity (Wildman–Crippen MR) is 196 cm³/mol. The largest absolute Gasteiger partial charge is 0.377 e. The van der Waals surface area contributed by atoms with Crippen molar-refractivity contribution in [3.05, 3.63) is 92.6 Å². The molecule has 0 saturated carbocycles. The fraction of sp³-hybridized carbons (Fsp3) is 0.436. The van der Waals surface area contributed by atoms with Gasteiger partial charge in [0.05, 0.1) is 0 Å². The molecule has 0 aromatic heterocycles. The molecule has 4 heteroatoms. The van der Waals surface area contributed by atoms with E-state index in [9.17, 15) is 0 Å². The zero-order valence-electron chi connectivity index (χ0n) is 29.9. The molecule has 3 nitrogen and oxygen atoms in total. The van der Waals surface area contributed by atoms with Gasteiger partial charge in [-0.2, -0.15) is 0 Å². The van der Waals surface area contributed by atoms with Crippen molar-refractivity contribution < 1.29 is 0 Å². The lowest BCUT2D eigenvalue weighted by molar-refractivity contribution is 0.868. The molecule has 0 N–H and O–H groups in total. The van der Waals surface area contributed by atoms with Gasteiger partial charge in [-0.3, -0.25) is 0 Å². The van der Waals surface area contributed by atoms with Crippen LogP contribution < -0.4 is 30.3 Å². The second-order valence-corrected chi connectivity index (χ2v) is 18.2. The molecule has 0 spiro atoms. The third kappa shape index (κ3) is 4.96. The average Bonchev–Trinajstić information content (AvgIpc) is 3.09. The molecule has 0 bridgehead atoms. The lowest BCUT2D eigenvalue weighted by atomic mass is 10.0. The van der Waals surface area contributed by atoms with Crippen molar-refractivity contribution >= 4 is 40.7 Å². The number of allylic oxidation sites excluding steroid dienone is 4. The van der Waals surface area contributed by atoms with E-state index < -0.39 is 8.07 Å². The molecule has 0 heterocycles. The first-order valence-electron chi connectivity index (χ1n) is 15.6. The van der Waals surface area contributed by atoms with Crippen LogP contribution in [0.25, 0.3) is 0 Å². The maximum atomic E-state index is 2.64. The summed E-state index contributed by atoms with van der Waals surface area (Å²) in [7, 11) is 10.2. The third-order valence-electron chi connectivity index (χ3n) is 10.5. The minimum atomic E-state index is -2.91. The molecule has 0 aliphatic heterocycles. The number of hydrogen-bond donors (Lipinski definition) is 0. The zero-order valence-corrected chi connectivity index (χ0v) is 30.9. The molecule has 230 valence electrons. The van der Waals surface area contributed by atoms with Crippen LogP contribution in [0.15, 0.2) is 59.2 Å². The molecule has 0 saturated heterocycles. The fourth-order valence-corrected chi connectivity index (χ4v) is 15.0. The number of hydrogen-bond acceptors (Lipinski definition) is 3. The van der Waals surface area contributed by atoms with E-state index in [-0.39, 0.29) is 5.04 Å². The van der Waals surface area contributed by atoms with Crippen LogP contribution in [0.3, 0.4) is 0 Å². The Morgan fingerprint density at radius 2 is 0.767 bits per heavy atom. The van der Waals surface area contributed by atoms with Crippen LogP contribution in [0.5, 0.6) is 0 Å². The first kappa shape index (κ1) is 32.7. The van der Waals surface area contributed by atoms with E-state index >= 15 is 0 Å². The summed E-state index contributed by atoms with van der Waals surface area (Å²) in [5.74, 6) is 0. The Balaban J connectivity index is 2.44. The number of rotatable bonds is 7. The van der Waals surface area contributed by atoms with Gasteiger partial charge in [0.15, 0.2) is 8.07 Å². The normalized spacial score (nSPS) is 17.0. The lowest BCUT2D eigenvalue weighted by Crippen LogP contribution is -2.74. The summed E-state index contributed by atoms with van der Waals surface area (Å²) in [5.41, 5.74) is 16.4. The highest BCUT2D eigenvalue weighted by Gasteiger charge is 2.58. The molecule has 1 unspecified atom stereocenters. The van der Waals surface area contributed by atoms with E-state index in [1.165, 1.54) is 82.7 Å². The zero-order chi connectivity index (χ0) is 32.3. The van der Waals surface area contributed by atoms with Crippen LogP contribution in [0, 0.1) is 41.5 Å². The molecule has 3 aromatic carbocycles. The summed E-state index contributed by atoms with van der Waals surface area (Å²) >= 11 is 0. The number of aryl methyl sites for hydroxylation is 6. The van der Waals surface area contributed by atoms with Crippen molar-refractivity contribution in [3.63, 3.8) is 0 Å². The standard InChI is InChI=1S/C39H55N3Si/c1-24-17-27(4)36(20-33(24)40(11)12)43(39(10)23-30(7)31(8)32(39)9,37-21-34(41(13)14)25(2)18-28(37)5)38-22-35(42(15)16)26(3)19-29(38)6/h17-23H,1-16H3. The van der Waals surface area contributed by atoms with Crippen LogP contribution in [-0.4, -0.2) is 50.4 Å². The van der Waals surface area contributed by atoms with E-state index in [0.29, 0.717) is 0 Å². The van der Waals surface area contributed by atoms with Gasteiger partial charge in [0.25, 0.3) is 0 Å². The molecule has 43 heavy (non-hydrogen) atoms. The molecule has 1 aliphatic rings. The second kappa shape index (κ2) is 11.4. The summed E-state index contributed by atoms with van der Waals surface area (Å²) in [6, 6.07) is 15.0. The molecule has 4 rings (SSSR count). The molecule has 0 amide bonds. The van der Waals surface area contributed by atoms with Gasteiger partial charge >= 0.3 is 0 Å². The topological polar surface area (TPSA) is 9.72 Å². The Bertz CT molecular complexity index is 1500. The first-order chi connectivity index (χ1) is 19.9. The van der Waals surface area contributed by atoms with E-state index in [2.05, 4.69) is 169 Å². The number of anilines is 3. The maximum Gasteiger partial charge on any atom is 0.162 e. The maximum absolute atomic E-state index is 2.91. The highest BCUT2D eigenvalue weighted by Crippen LogP contribution is 2.54. The van der Waals surface area contributed by atoms with Gasteiger partial charge in [-0.15, -0.1) is 0 Å². The van der Waals surface area contributed by atoms with Crippen molar-refractivity contribution in [2.45, 2.75) is 74.3 Å². The van der Waals surface area contributed by atoms with Crippen molar-refractivity contribution in [2.24, 2.45) is 0 Å². The van der Waals surface area contributed by atoms with Crippen molar-refractivity contribution in [3.8, 4) is 0 Å². The smallest absolute Gasteiger partial charge is 0.162 e. The Kier molecular flexibility index (Phi) is 8.63. The molecule has 0 radical (unpaired) electrons. The Morgan fingerprint density at radius 1 is 0.465 bits per heavy atom. The summed E-state index contributed by atoms with van der Waals surface area (Å²) in [5, 5.41) is 4.35. The minimum Gasteiger partial charge on any atom is -0.377 e. The Morgan fingerprint density at radius 3 is 1.00 bits per heavy atom. The van der Waals surface area contributed by atoms with E-state index in [4.69, 9.17) is 0 Å². The number of nitrogens with zero attached hydrogens (tertiary/aromatic N) is 3. The van der Waals surface area contributed by atoms with Gasteiger partial charge in [0, 0.05) is 64.4 Å². The van der Waals surface area contributed by atoms with Crippen LogP contribution in [0.4, 0.5) is 17.1 Å². The molecule has 1 atom stereocenters. The van der Waals surface area contributed by atoms with Gasteiger partial charge in [0.1, 0.15) is 0 Å². The lowest BCUT2D eigenvalue weighted by Gasteiger charge is -2.49. The van der Waals surface area contributed by atoms with Gasteiger partial charge in [-0.1, -0.05) is 59.0 Å². The summed E-state index contributed by atoms with van der Waals surface area (Å²) in [6.45, 7) is 23.5.